The van der Waals surface area contributed by atoms with E-state index < -0.39 is 0 Å². The molecule has 0 bridgehead atoms. The molecule has 0 spiro atoms. The van der Waals surface area contributed by atoms with Gasteiger partial charge in [0, 0.05) is 36.6 Å². The molecule has 0 aromatic heterocycles. The minimum Gasteiger partial charge on any atom is -0.313 e. The minimum atomic E-state index is 0.436. The molecule has 2 saturated carbocycles. The molecule has 2 aromatic rings. The zero-order chi connectivity index (χ0) is 17.1. The molecular weight excluding hydrogens is 328 g/mol. The van der Waals surface area contributed by atoms with Crippen LogP contribution in [0, 0.1) is 5.41 Å². The average molecular weight is 355 g/mol. The van der Waals surface area contributed by atoms with Gasteiger partial charge in [-0.25, -0.2) is 0 Å². The Balaban J connectivity index is 1.24. The van der Waals surface area contributed by atoms with E-state index in [1.807, 2.05) is 12.1 Å². The van der Waals surface area contributed by atoms with Crippen molar-refractivity contribution in [1.82, 2.24) is 10.6 Å². The Labute approximate surface area is 156 Å². The van der Waals surface area contributed by atoms with Crippen LogP contribution in [0.25, 0.3) is 0 Å². The van der Waals surface area contributed by atoms with Crippen LogP contribution < -0.4 is 10.6 Å². The summed E-state index contributed by atoms with van der Waals surface area (Å²) < 4.78 is 0. The topological polar surface area (TPSA) is 24.1 Å². The third-order valence-corrected chi connectivity index (χ3v) is 6.31. The highest BCUT2D eigenvalue weighted by Gasteiger charge is 2.42. The highest BCUT2D eigenvalue weighted by molar-refractivity contribution is 6.31. The Morgan fingerprint density at radius 2 is 1.72 bits per heavy atom. The molecule has 2 unspecified atom stereocenters. The highest BCUT2D eigenvalue weighted by atomic mass is 35.5. The first-order valence-corrected chi connectivity index (χ1v) is 9.86. The summed E-state index contributed by atoms with van der Waals surface area (Å²) in [6, 6.07) is 19.7. The van der Waals surface area contributed by atoms with E-state index in [0.717, 1.165) is 30.6 Å². The molecule has 0 saturated heterocycles. The standard InChI is InChI=1S/C22H27ClN2/c23-20-10-5-4-9-18(20)14-24-15-22(11-6-12-22)16-25-21-13-19(21)17-7-2-1-3-8-17/h1-5,7-10,19,21,24-25H,6,11-16H2. The van der Waals surface area contributed by atoms with Gasteiger partial charge in [-0.3, -0.25) is 0 Å². The molecule has 132 valence electrons. The average Bonchev–Trinajstić information content (AvgIpc) is 3.38. The van der Waals surface area contributed by atoms with E-state index in [-0.39, 0.29) is 0 Å². The molecular formula is C22H27ClN2. The van der Waals surface area contributed by atoms with E-state index in [9.17, 15) is 0 Å². The van der Waals surface area contributed by atoms with Crippen LogP contribution >= 0.6 is 11.6 Å². The lowest BCUT2D eigenvalue weighted by atomic mass is 9.68. The number of halogens is 1. The van der Waals surface area contributed by atoms with Crippen LogP contribution in [0.2, 0.25) is 5.02 Å². The molecule has 0 radical (unpaired) electrons. The third-order valence-electron chi connectivity index (χ3n) is 5.94. The first-order valence-electron chi connectivity index (χ1n) is 9.48. The Morgan fingerprint density at radius 3 is 2.44 bits per heavy atom. The molecule has 0 aliphatic heterocycles. The minimum absolute atomic E-state index is 0.436. The highest BCUT2D eigenvalue weighted by Crippen LogP contribution is 2.44. The molecule has 2 aliphatic carbocycles. The summed E-state index contributed by atoms with van der Waals surface area (Å²) in [7, 11) is 0. The quantitative estimate of drug-likeness (QED) is 0.715. The summed E-state index contributed by atoms with van der Waals surface area (Å²) in [6.45, 7) is 3.07. The SMILES string of the molecule is Clc1ccccc1CNCC1(CNC2CC2c2ccccc2)CCC1. The normalized spacial score (nSPS) is 23.9. The van der Waals surface area contributed by atoms with Crippen LogP contribution in [-0.4, -0.2) is 19.1 Å². The number of benzene rings is 2. The Hall–Kier alpha value is -1.35. The maximum absolute atomic E-state index is 6.26. The van der Waals surface area contributed by atoms with Crippen molar-refractivity contribution in [2.24, 2.45) is 5.41 Å². The van der Waals surface area contributed by atoms with Crippen LogP contribution in [0.4, 0.5) is 0 Å². The van der Waals surface area contributed by atoms with Crippen molar-refractivity contribution in [3.05, 3.63) is 70.7 Å². The fourth-order valence-electron chi connectivity index (χ4n) is 4.03. The lowest BCUT2D eigenvalue weighted by molar-refractivity contribution is 0.126. The van der Waals surface area contributed by atoms with Crippen molar-refractivity contribution in [2.45, 2.75) is 44.2 Å². The predicted molar refractivity (Wildman–Crippen MR) is 105 cm³/mol. The fraction of sp³-hybridized carbons (Fsp3) is 0.455. The van der Waals surface area contributed by atoms with Crippen LogP contribution in [0.15, 0.2) is 54.6 Å². The first kappa shape index (κ1) is 17.1. The second-order valence-corrected chi connectivity index (χ2v) is 8.20. The van der Waals surface area contributed by atoms with Gasteiger partial charge in [-0.2, -0.15) is 0 Å². The maximum Gasteiger partial charge on any atom is 0.0450 e. The van der Waals surface area contributed by atoms with Gasteiger partial charge in [0.15, 0.2) is 0 Å². The number of nitrogens with one attached hydrogen (secondary N) is 2. The van der Waals surface area contributed by atoms with Crippen LogP contribution in [-0.2, 0) is 6.54 Å². The van der Waals surface area contributed by atoms with Crippen molar-refractivity contribution in [3.8, 4) is 0 Å². The summed E-state index contributed by atoms with van der Waals surface area (Å²) in [4.78, 5) is 0. The van der Waals surface area contributed by atoms with Crippen molar-refractivity contribution >= 4 is 11.6 Å². The monoisotopic (exact) mass is 354 g/mol. The summed E-state index contributed by atoms with van der Waals surface area (Å²) in [5.41, 5.74) is 3.11. The molecule has 3 heteroatoms. The number of hydrogen-bond donors (Lipinski definition) is 2. The van der Waals surface area contributed by atoms with Gasteiger partial charge < -0.3 is 10.6 Å². The maximum atomic E-state index is 6.26. The van der Waals surface area contributed by atoms with Gasteiger partial charge in [-0.1, -0.05) is 66.6 Å². The summed E-state index contributed by atoms with van der Waals surface area (Å²) in [6.07, 6.45) is 5.31. The Kier molecular flexibility index (Phi) is 5.12. The van der Waals surface area contributed by atoms with Crippen LogP contribution in [0.1, 0.15) is 42.7 Å². The number of hydrogen-bond acceptors (Lipinski definition) is 2. The molecule has 0 amide bonds. The van der Waals surface area contributed by atoms with Gasteiger partial charge in [0.05, 0.1) is 0 Å². The van der Waals surface area contributed by atoms with Gasteiger partial charge in [0.1, 0.15) is 0 Å². The summed E-state index contributed by atoms with van der Waals surface area (Å²) in [5.74, 6) is 0.717. The van der Waals surface area contributed by atoms with Crippen molar-refractivity contribution in [2.75, 3.05) is 13.1 Å². The van der Waals surface area contributed by atoms with E-state index in [1.165, 1.54) is 36.8 Å². The van der Waals surface area contributed by atoms with Gasteiger partial charge >= 0.3 is 0 Å². The lowest BCUT2D eigenvalue weighted by Gasteiger charge is -2.42. The zero-order valence-corrected chi connectivity index (χ0v) is 15.4. The van der Waals surface area contributed by atoms with E-state index >= 15 is 0 Å². The molecule has 2 aromatic carbocycles. The summed E-state index contributed by atoms with van der Waals surface area (Å²) >= 11 is 6.26. The molecule has 2 fully saturated rings. The van der Waals surface area contributed by atoms with E-state index in [0.29, 0.717) is 11.5 Å². The van der Waals surface area contributed by atoms with Gasteiger partial charge in [-0.15, -0.1) is 0 Å². The van der Waals surface area contributed by atoms with Crippen molar-refractivity contribution in [1.29, 1.82) is 0 Å². The van der Waals surface area contributed by atoms with Crippen molar-refractivity contribution in [3.63, 3.8) is 0 Å². The second kappa shape index (κ2) is 7.49. The molecule has 0 heterocycles. The lowest BCUT2D eigenvalue weighted by Crippen LogP contribution is -2.47. The van der Waals surface area contributed by atoms with E-state index in [2.05, 4.69) is 53.1 Å². The molecule has 25 heavy (non-hydrogen) atoms. The summed E-state index contributed by atoms with van der Waals surface area (Å²) in [5, 5.41) is 8.35. The van der Waals surface area contributed by atoms with Gasteiger partial charge in [-0.05, 0) is 41.9 Å². The van der Waals surface area contributed by atoms with Crippen LogP contribution in [0.3, 0.4) is 0 Å². The van der Waals surface area contributed by atoms with Gasteiger partial charge in [0.2, 0.25) is 0 Å². The van der Waals surface area contributed by atoms with E-state index in [1.54, 1.807) is 0 Å². The molecule has 2 N–H and O–H groups in total. The van der Waals surface area contributed by atoms with Gasteiger partial charge in [0.25, 0.3) is 0 Å². The third kappa shape index (κ3) is 4.08. The number of rotatable bonds is 8. The molecule has 2 nitrogen and oxygen atoms in total. The smallest absolute Gasteiger partial charge is 0.0450 e. The molecule has 2 aliphatic rings. The zero-order valence-electron chi connectivity index (χ0n) is 14.7. The fourth-order valence-corrected chi connectivity index (χ4v) is 4.24. The predicted octanol–water partition coefficient (Wildman–Crippen LogP) is 4.75. The van der Waals surface area contributed by atoms with Crippen LogP contribution in [0.5, 0.6) is 0 Å². The largest absolute Gasteiger partial charge is 0.313 e. The first-order chi connectivity index (χ1) is 12.3. The molecule has 4 rings (SSSR count). The second-order valence-electron chi connectivity index (χ2n) is 7.79. The Morgan fingerprint density at radius 1 is 0.960 bits per heavy atom. The van der Waals surface area contributed by atoms with Crippen molar-refractivity contribution < 1.29 is 0 Å². The Bertz CT molecular complexity index is 696. The van der Waals surface area contributed by atoms with E-state index in [4.69, 9.17) is 11.6 Å². The molecule has 2 atom stereocenters.